The number of hydrogen-bond acceptors (Lipinski definition) is 4. The van der Waals surface area contributed by atoms with Crippen molar-refractivity contribution in [1.82, 2.24) is 4.98 Å². The summed E-state index contributed by atoms with van der Waals surface area (Å²) in [7, 11) is 1.55. The molecule has 6 heteroatoms. The number of aromatic nitrogens is 1. The first-order valence-corrected chi connectivity index (χ1v) is 8.22. The van der Waals surface area contributed by atoms with E-state index in [1.807, 2.05) is 31.2 Å². The largest absolute Gasteiger partial charge is 0.497 e. The van der Waals surface area contributed by atoms with E-state index in [4.69, 9.17) is 9.47 Å². The predicted octanol–water partition coefficient (Wildman–Crippen LogP) is 3.21. The van der Waals surface area contributed by atoms with E-state index in [0.717, 1.165) is 22.2 Å². The van der Waals surface area contributed by atoms with E-state index in [9.17, 15) is 9.59 Å². The van der Waals surface area contributed by atoms with Gasteiger partial charge in [-0.05, 0) is 30.7 Å². The van der Waals surface area contributed by atoms with Gasteiger partial charge in [0.25, 0.3) is 5.91 Å². The fourth-order valence-electron chi connectivity index (χ4n) is 2.80. The van der Waals surface area contributed by atoms with Crippen molar-refractivity contribution in [3.63, 3.8) is 0 Å². The molecule has 0 bridgehead atoms. The highest BCUT2D eigenvalue weighted by Gasteiger charge is 2.14. The number of aromatic amines is 1. The summed E-state index contributed by atoms with van der Waals surface area (Å²) in [5, 5.41) is 3.66. The van der Waals surface area contributed by atoms with E-state index in [-0.39, 0.29) is 13.0 Å². The normalized spacial score (nSPS) is 10.5. The van der Waals surface area contributed by atoms with Gasteiger partial charge < -0.3 is 19.8 Å². The number of H-pyrrole nitrogens is 1. The van der Waals surface area contributed by atoms with Crippen LogP contribution >= 0.6 is 0 Å². The molecule has 2 aromatic carbocycles. The molecule has 0 spiro atoms. The van der Waals surface area contributed by atoms with Crippen molar-refractivity contribution in [2.75, 3.05) is 19.0 Å². The van der Waals surface area contributed by atoms with Gasteiger partial charge in [-0.1, -0.05) is 24.3 Å². The van der Waals surface area contributed by atoms with Crippen LogP contribution in [0.3, 0.4) is 0 Å². The van der Waals surface area contributed by atoms with Gasteiger partial charge in [0.05, 0.1) is 13.5 Å². The van der Waals surface area contributed by atoms with Gasteiger partial charge >= 0.3 is 5.97 Å². The monoisotopic (exact) mass is 352 g/mol. The van der Waals surface area contributed by atoms with Gasteiger partial charge in [0, 0.05) is 28.4 Å². The lowest BCUT2D eigenvalue weighted by Gasteiger charge is -2.08. The maximum absolute atomic E-state index is 12.1. The van der Waals surface area contributed by atoms with Crippen LogP contribution in [0.5, 0.6) is 5.75 Å². The summed E-state index contributed by atoms with van der Waals surface area (Å²) in [4.78, 5) is 27.3. The van der Waals surface area contributed by atoms with Gasteiger partial charge in [-0.25, -0.2) is 0 Å². The quantitative estimate of drug-likeness (QED) is 0.668. The molecule has 0 aliphatic heterocycles. The summed E-state index contributed by atoms with van der Waals surface area (Å²) in [6.07, 6.45) is 0.113. The van der Waals surface area contributed by atoms with Gasteiger partial charge in [0.15, 0.2) is 6.61 Å². The molecular formula is C20H20N2O4. The molecular weight excluding hydrogens is 332 g/mol. The number of para-hydroxylation sites is 1. The molecule has 1 aromatic heterocycles. The lowest BCUT2D eigenvalue weighted by Crippen LogP contribution is -2.21. The second kappa shape index (κ2) is 7.74. The van der Waals surface area contributed by atoms with Crippen LogP contribution in [0.4, 0.5) is 5.69 Å². The SMILES string of the molecule is COc1cccc(NC(=O)COC(=O)Cc2c(C)[nH]c3ccccc23)c1. The number of nitrogens with one attached hydrogen (secondary N) is 2. The Bertz CT molecular complexity index is 946. The van der Waals surface area contributed by atoms with E-state index < -0.39 is 11.9 Å². The summed E-state index contributed by atoms with van der Waals surface area (Å²) in [5.41, 5.74) is 3.37. The van der Waals surface area contributed by atoms with Crippen LogP contribution in [-0.4, -0.2) is 30.6 Å². The third-order valence-corrected chi connectivity index (χ3v) is 4.07. The van der Waals surface area contributed by atoms with Crippen molar-refractivity contribution in [2.24, 2.45) is 0 Å². The van der Waals surface area contributed by atoms with Gasteiger partial charge in [0.1, 0.15) is 5.75 Å². The number of carbonyl (C=O) groups is 2. The Morgan fingerprint density at radius 1 is 1.12 bits per heavy atom. The maximum atomic E-state index is 12.1. The molecule has 6 nitrogen and oxygen atoms in total. The zero-order valence-corrected chi connectivity index (χ0v) is 14.7. The number of hydrogen-bond donors (Lipinski definition) is 2. The van der Waals surface area contributed by atoms with Gasteiger partial charge in [-0.15, -0.1) is 0 Å². The number of ether oxygens (including phenoxy) is 2. The standard InChI is InChI=1S/C20H20N2O4/c1-13-17(16-8-3-4-9-18(16)21-13)11-20(24)26-12-19(23)22-14-6-5-7-15(10-14)25-2/h3-10,21H,11-12H2,1-2H3,(H,22,23). The van der Waals surface area contributed by atoms with E-state index in [1.165, 1.54) is 0 Å². The fraction of sp³-hybridized carbons (Fsp3) is 0.200. The minimum absolute atomic E-state index is 0.113. The number of methoxy groups -OCH3 is 1. The first kappa shape index (κ1) is 17.5. The third kappa shape index (κ3) is 4.03. The van der Waals surface area contributed by atoms with E-state index in [2.05, 4.69) is 10.3 Å². The molecule has 0 radical (unpaired) electrons. The van der Waals surface area contributed by atoms with Crippen LogP contribution in [0, 0.1) is 6.92 Å². The first-order chi connectivity index (χ1) is 12.6. The number of benzene rings is 2. The van der Waals surface area contributed by atoms with E-state index in [0.29, 0.717) is 11.4 Å². The first-order valence-electron chi connectivity index (χ1n) is 8.22. The summed E-state index contributed by atoms with van der Waals surface area (Å²) in [6, 6.07) is 14.7. The van der Waals surface area contributed by atoms with E-state index in [1.54, 1.807) is 31.4 Å². The molecule has 1 amide bonds. The Hall–Kier alpha value is -3.28. The Morgan fingerprint density at radius 3 is 2.73 bits per heavy atom. The van der Waals surface area contributed by atoms with Crippen molar-refractivity contribution in [2.45, 2.75) is 13.3 Å². The summed E-state index contributed by atoms with van der Waals surface area (Å²) >= 11 is 0. The molecule has 0 aliphatic rings. The molecule has 3 aromatic rings. The van der Waals surface area contributed by atoms with Crippen LogP contribution in [-0.2, 0) is 20.7 Å². The van der Waals surface area contributed by atoms with Crippen molar-refractivity contribution in [3.05, 3.63) is 59.8 Å². The number of fused-ring (bicyclic) bond motifs is 1. The Labute approximate surface area is 151 Å². The molecule has 0 fully saturated rings. The highest BCUT2D eigenvalue weighted by Crippen LogP contribution is 2.22. The van der Waals surface area contributed by atoms with Crippen molar-refractivity contribution < 1.29 is 19.1 Å². The smallest absolute Gasteiger partial charge is 0.310 e. The van der Waals surface area contributed by atoms with Crippen LogP contribution in [0.15, 0.2) is 48.5 Å². The number of aryl methyl sites for hydroxylation is 1. The number of carbonyl (C=O) groups excluding carboxylic acids is 2. The Kier molecular flexibility index (Phi) is 5.22. The van der Waals surface area contributed by atoms with Crippen LogP contribution in [0.25, 0.3) is 10.9 Å². The minimum atomic E-state index is -0.446. The molecule has 0 saturated carbocycles. The van der Waals surface area contributed by atoms with Crippen LogP contribution in [0.1, 0.15) is 11.3 Å². The lowest BCUT2D eigenvalue weighted by molar-refractivity contribution is -0.146. The van der Waals surface area contributed by atoms with Crippen molar-refractivity contribution in [1.29, 1.82) is 0 Å². The number of rotatable bonds is 6. The van der Waals surface area contributed by atoms with Gasteiger partial charge in [0.2, 0.25) is 0 Å². The number of anilines is 1. The van der Waals surface area contributed by atoms with Gasteiger partial charge in [-0.3, -0.25) is 9.59 Å². The van der Waals surface area contributed by atoms with Crippen molar-refractivity contribution >= 4 is 28.5 Å². The van der Waals surface area contributed by atoms with Gasteiger partial charge in [-0.2, -0.15) is 0 Å². The molecule has 1 heterocycles. The summed E-state index contributed by atoms with van der Waals surface area (Å²) in [6.45, 7) is 1.58. The topological polar surface area (TPSA) is 80.4 Å². The second-order valence-electron chi connectivity index (χ2n) is 5.89. The molecule has 26 heavy (non-hydrogen) atoms. The Balaban J connectivity index is 1.56. The Morgan fingerprint density at radius 2 is 1.92 bits per heavy atom. The minimum Gasteiger partial charge on any atom is -0.497 e. The summed E-state index contributed by atoms with van der Waals surface area (Å²) < 4.78 is 10.2. The summed E-state index contributed by atoms with van der Waals surface area (Å²) in [5.74, 6) is -0.212. The maximum Gasteiger partial charge on any atom is 0.310 e. The number of amides is 1. The molecule has 0 saturated heterocycles. The highest BCUT2D eigenvalue weighted by atomic mass is 16.5. The average molecular weight is 352 g/mol. The third-order valence-electron chi connectivity index (χ3n) is 4.07. The fourth-order valence-corrected chi connectivity index (χ4v) is 2.80. The lowest BCUT2D eigenvalue weighted by atomic mass is 10.1. The predicted molar refractivity (Wildman–Crippen MR) is 99.3 cm³/mol. The molecule has 0 unspecified atom stereocenters. The zero-order chi connectivity index (χ0) is 18.5. The van der Waals surface area contributed by atoms with Crippen LogP contribution in [0.2, 0.25) is 0 Å². The molecule has 3 rings (SSSR count). The highest BCUT2D eigenvalue weighted by molar-refractivity contribution is 5.93. The molecule has 134 valence electrons. The van der Waals surface area contributed by atoms with Crippen LogP contribution < -0.4 is 10.1 Å². The second-order valence-corrected chi connectivity index (χ2v) is 5.89. The number of esters is 1. The zero-order valence-electron chi connectivity index (χ0n) is 14.7. The molecule has 0 aliphatic carbocycles. The molecule has 0 atom stereocenters. The van der Waals surface area contributed by atoms with Crippen molar-refractivity contribution in [3.8, 4) is 5.75 Å². The van der Waals surface area contributed by atoms with E-state index >= 15 is 0 Å². The average Bonchev–Trinajstić information content (AvgIpc) is 2.95. The molecule has 2 N–H and O–H groups in total.